The van der Waals surface area contributed by atoms with Crippen molar-refractivity contribution in [3.8, 4) is 0 Å². The molecule has 1 aliphatic heterocycles. The summed E-state index contributed by atoms with van der Waals surface area (Å²) in [6.45, 7) is -0.809. The summed E-state index contributed by atoms with van der Waals surface area (Å²) in [5.74, 6) is -1.72. The molecule has 1 aromatic rings. The van der Waals surface area contributed by atoms with Crippen molar-refractivity contribution in [3.63, 3.8) is 0 Å². The van der Waals surface area contributed by atoms with Gasteiger partial charge in [-0.15, -0.1) is 0 Å². The zero-order valence-electron chi connectivity index (χ0n) is 14.3. The van der Waals surface area contributed by atoms with Crippen molar-refractivity contribution in [3.05, 3.63) is 29.5 Å². The maximum atomic E-state index is 12.5. The highest BCUT2D eigenvalue weighted by molar-refractivity contribution is 7.86. The number of nitrogens with one attached hydrogen (secondary N) is 1. The van der Waals surface area contributed by atoms with Crippen LogP contribution < -0.4 is 5.32 Å². The topological polar surface area (TPSA) is 188 Å². The van der Waals surface area contributed by atoms with Crippen molar-refractivity contribution in [1.29, 1.82) is 0 Å². The molecule has 28 heavy (non-hydrogen) atoms. The Morgan fingerprint density at radius 1 is 1.21 bits per heavy atom. The quantitative estimate of drug-likeness (QED) is 0.298. The van der Waals surface area contributed by atoms with Gasteiger partial charge in [0.2, 0.25) is 0 Å². The van der Waals surface area contributed by atoms with Gasteiger partial charge in [-0.05, 0) is 18.2 Å². The van der Waals surface area contributed by atoms with E-state index in [4.69, 9.17) is 9.66 Å². The summed E-state index contributed by atoms with van der Waals surface area (Å²) in [6.07, 6.45) is 0. The molecule has 1 heterocycles. The Bertz CT molecular complexity index is 1060. The normalized spacial score (nSPS) is 15.1. The molecule has 1 amide bonds. The van der Waals surface area contributed by atoms with E-state index in [2.05, 4.69) is 10.1 Å². The van der Waals surface area contributed by atoms with Crippen molar-refractivity contribution in [2.24, 2.45) is 0 Å². The summed E-state index contributed by atoms with van der Waals surface area (Å²) >= 11 is 0. The number of β-amino-alcohol motifs (C(OH)–C–C–N with tert-alkyl or cyclic N) is 1. The van der Waals surface area contributed by atoms with Gasteiger partial charge in [0.25, 0.3) is 26.1 Å². The number of carbonyl (C=O) groups excluding carboxylic acids is 2. The molecule has 0 aliphatic carbocycles. The van der Waals surface area contributed by atoms with Gasteiger partial charge in [0.15, 0.2) is 0 Å². The van der Waals surface area contributed by atoms with Crippen molar-refractivity contribution in [1.82, 2.24) is 4.90 Å². The van der Waals surface area contributed by atoms with E-state index in [1.54, 1.807) is 0 Å². The van der Waals surface area contributed by atoms with E-state index in [1.165, 1.54) is 0 Å². The van der Waals surface area contributed by atoms with Crippen LogP contribution in [0, 0.1) is 0 Å². The second kappa shape index (κ2) is 7.84. The number of benzene rings is 1. The average Bonchev–Trinajstić information content (AvgIpc) is 2.89. The Kier molecular flexibility index (Phi) is 6.10. The summed E-state index contributed by atoms with van der Waals surface area (Å²) in [5, 5.41) is 11.3. The first kappa shape index (κ1) is 21.8. The SMILES string of the molecule is COC(=O)C1=C(Nc2cc(S(=O)(=O)O)ccc2S(=O)(=O)O)C(=O)N(CCO)C1. The van der Waals surface area contributed by atoms with E-state index in [1.807, 2.05) is 0 Å². The second-order valence-corrected chi connectivity index (χ2v) is 8.34. The van der Waals surface area contributed by atoms with Gasteiger partial charge in [0, 0.05) is 6.54 Å². The Morgan fingerprint density at radius 3 is 2.36 bits per heavy atom. The standard InChI is InChI=1S/C14H16N2O10S2/c1-26-14(19)9-7-16(4-5-17)13(18)12(9)15-10-6-8(27(20,21)22)2-3-11(10)28(23,24)25/h2-3,6,15,17H,4-5,7H2,1H3,(H,20,21,22)(H,23,24,25). The molecule has 0 spiro atoms. The predicted octanol–water partition coefficient (Wildman–Crippen LogP) is -1.15. The van der Waals surface area contributed by atoms with Crippen LogP contribution in [0.5, 0.6) is 0 Å². The number of hydrogen-bond donors (Lipinski definition) is 4. The Hall–Kier alpha value is -2.52. The van der Waals surface area contributed by atoms with E-state index >= 15 is 0 Å². The highest BCUT2D eigenvalue weighted by Gasteiger charge is 2.35. The third-order valence-electron chi connectivity index (χ3n) is 3.74. The molecular formula is C14H16N2O10S2. The molecule has 0 saturated heterocycles. The maximum Gasteiger partial charge on any atom is 0.337 e. The fourth-order valence-corrected chi connectivity index (χ4v) is 3.61. The summed E-state index contributed by atoms with van der Waals surface area (Å²) in [6, 6.07) is 2.10. The second-order valence-electron chi connectivity index (χ2n) is 5.53. The molecule has 0 atom stereocenters. The molecule has 0 saturated carbocycles. The minimum Gasteiger partial charge on any atom is -0.466 e. The zero-order chi connectivity index (χ0) is 21.3. The minimum absolute atomic E-state index is 0.138. The van der Waals surface area contributed by atoms with Crippen LogP contribution in [0.15, 0.2) is 39.3 Å². The fourth-order valence-electron chi connectivity index (χ4n) is 2.48. The van der Waals surface area contributed by atoms with Crippen LogP contribution in [-0.2, 0) is 34.6 Å². The summed E-state index contributed by atoms with van der Waals surface area (Å²) in [4.78, 5) is 24.0. The number of rotatable bonds is 7. The van der Waals surface area contributed by atoms with E-state index in [0.717, 1.165) is 18.1 Å². The van der Waals surface area contributed by atoms with Gasteiger partial charge in [0.05, 0.1) is 36.4 Å². The van der Waals surface area contributed by atoms with Gasteiger partial charge in [-0.3, -0.25) is 13.9 Å². The monoisotopic (exact) mass is 436 g/mol. The van der Waals surface area contributed by atoms with Crippen LogP contribution in [-0.4, -0.2) is 74.6 Å². The number of methoxy groups -OCH3 is 1. The van der Waals surface area contributed by atoms with Crippen LogP contribution in [0.4, 0.5) is 5.69 Å². The lowest BCUT2D eigenvalue weighted by molar-refractivity contribution is -0.136. The number of aliphatic hydroxyl groups is 1. The number of esters is 1. The van der Waals surface area contributed by atoms with Crippen molar-refractivity contribution < 1.29 is 45.4 Å². The van der Waals surface area contributed by atoms with E-state index < -0.39 is 59.9 Å². The molecule has 0 bridgehead atoms. The van der Waals surface area contributed by atoms with Crippen LogP contribution in [0.1, 0.15) is 0 Å². The fraction of sp³-hybridized carbons (Fsp3) is 0.286. The molecule has 2 rings (SSSR count). The number of amides is 1. The Labute approximate surface area is 159 Å². The van der Waals surface area contributed by atoms with E-state index in [9.17, 15) is 31.0 Å². The van der Waals surface area contributed by atoms with Gasteiger partial charge >= 0.3 is 5.97 Å². The molecule has 154 valence electrons. The third kappa shape index (κ3) is 4.48. The molecule has 0 fully saturated rings. The minimum atomic E-state index is -4.86. The molecule has 1 aromatic carbocycles. The first-order chi connectivity index (χ1) is 12.9. The number of hydrogen-bond acceptors (Lipinski definition) is 9. The molecular weight excluding hydrogens is 420 g/mol. The first-order valence-corrected chi connectivity index (χ1v) is 10.4. The van der Waals surface area contributed by atoms with Crippen molar-refractivity contribution in [2.45, 2.75) is 9.79 Å². The number of aliphatic hydroxyl groups excluding tert-OH is 1. The maximum absolute atomic E-state index is 12.5. The number of nitrogens with zero attached hydrogens (tertiary/aromatic N) is 1. The van der Waals surface area contributed by atoms with Gasteiger partial charge < -0.3 is 20.1 Å². The number of anilines is 1. The highest BCUT2D eigenvalue weighted by Crippen LogP contribution is 2.29. The first-order valence-electron chi connectivity index (χ1n) is 7.47. The van der Waals surface area contributed by atoms with Crippen LogP contribution >= 0.6 is 0 Å². The number of ether oxygens (including phenoxy) is 1. The average molecular weight is 436 g/mol. The van der Waals surface area contributed by atoms with Gasteiger partial charge in [-0.25, -0.2) is 4.79 Å². The molecule has 12 nitrogen and oxygen atoms in total. The van der Waals surface area contributed by atoms with Crippen molar-refractivity contribution >= 4 is 37.8 Å². The van der Waals surface area contributed by atoms with Crippen LogP contribution in [0.2, 0.25) is 0 Å². The Morgan fingerprint density at radius 2 is 1.86 bits per heavy atom. The lowest BCUT2D eigenvalue weighted by Crippen LogP contribution is -2.31. The zero-order valence-corrected chi connectivity index (χ0v) is 15.9. The summed E-state index contributed by atoms with van der Waals surface area (Å²) in [7, 11) is -8.56. The summed E-state index contributed by atoms with van der Waals surface area (Å²) in [5.41, 5.74) is -1.22. The smallest absolute Gasteiger partial charge is 0.337 e. The van der Waals surface area contributed by atoms with Gasteiger partial charge in [-0.2, -0.15) is 16.8 Å². The lowest BCUT2D eigenvalue weighted by atomic mass is 10.2. The molecule has 14 heteroatoms. The predicted molar refractivity (Wildman–Crippen MR) is 92.4 cm³/mol. The van der Waals surface area contributed by atoms with Crippen molar-refractivity contribution in [2.75, 3.05) is 32.1 Å². The van der Waals surface area contributed by atoms with Gasteiger partial charge in [0.1, 0.15) is 10.6 Å². The molecule has 4 N–H and O–H groups in total. The van der Waals surface area contributed by atoms with Gasteiger partial charge in [-0.1, -0.05) is 0 Å². The molecule has 1 aliphatic rings. The largest absolute Gasteiger partial charge is 0.466 e. The molecule has 0 aromatic heterocycles. The third-order valence-corrected chi connectivity index (χ3v) is 5.50. The highest BCUT2D eigenvalue weighted by atomic mass is 32.2. The number of carbonyl (C=O) groups is 2. The summed E-state index contributed by atoms with van der Waals surface area (Å²) < 4.78 is 68.9. The van der Waals surface area contributed by atoms with E-state index in [0.29, 0.717) is 12.1 Å². The Balaban J connectivity index is 2.63. The lowest BCUT2D eigenvalue weighted by Gasteiger charge is -2.16. The van der Waals surface area contributed by atoms with E-state index in [-0.39, 0.29) is 18.7 Å². The molecule has 0 unspecified atom stereocenters. The molecule has 0 radical (unpaired) electrons. The van der Waals surface area contributed by atoms with Crippen LogP contribution in [0.3, 0.4) is 0 Å². The van der Waals surface area contributed by atoms with Crippen LogP contribution in [0.25, 0.3) is 0 Å².